The van der Waals surface area contributed by atoms with Crippen LogP contribution >= 0.6 is 0 Å². The number of rotatable bonds is 6. The summed E-state index contributed by atoms with van der Waals surface area (Å²) in [6, 6.07) is 6.34. The monoisotopic (exact) mass is 264 g/mol. The Balaban J connectivity index is 2.03. The van der Waals surface area contributed by atoms with Crippen LogP contribution < -0.4 is 16.0 Å². The maximum atomic E-state index is 5.70. The molecular weight excluding hydrogens is 240 g/mol. The van der Waals surface area contributed by atoms with E-state index in [1.807, 2.05) is 6.07 Å². The number of benzene rings is 1. The quantitative estimate of drug-likeness (QED) is 0.612. The summed E-state index contributed by atoms with van der Waals surface area (Å²) in [5.41, 5.74) is 5.21. The Kier molecular flexibility index (Phi) is 5.19. The first kappa shape index (κ1) is 14.3. The van der Waals surface area contributed by atoms with Crippen molar-refractivity contribution in [1.82, 2.24) is 5.43 Å². The van der Waals surface area contributed by atoms with E-state index in [1.165, 1.54) is 18.4 Å². The van der Waals surface area contributed by atoms with Crippen LogP contribution in [-0.2, 0) is 4.74 Å². The molecule has 1 aromatic carbocycles. The van der Waals surface area contributed by atoms with E-state index in [-0.39, 0.29) is 6.04 Å². The molecule has 106 valence electrons. The molecule has 1 saturated heterocycles. The third-order valence-electron chi connectivity index (χ3n) is 3.77. The summed E-state index contributed by atoms with van der Waals surface area (Å²) in [5.74, 6) is 6.60. The minimum Gasteiger partial charge on any atom is -0.496 e. The molecule has 4 nitrogen and oxygen atoms in total. The number of hydrogen-bond donors (Lipinski definition) is 2. The van der Waals surface area contributed by atoms with Gasteiger partial charge in [-0.05, 0) is 44.2 Å². The summed E-state index contributed by atoms with van der Waals surface area (Å²) in [5, 5.41) is 0. The van der Waals surface area contributed by atoms with Gasteiger partial charge in [0.25, 0.3) is 0 Å². The average molecular weight is 264 g/mol. The van der Waals surface area contributed by atoms with Crippen LogP contribution in [0.5, 0.6) is 5.75 Å². The van der Waals surface area contributed by atoms with Gasteiger partial charge in [0, 0.05) is 18.2 Å². The summed E-state index contributed by atoms with van der Waals surface area (Å²) in [6.07, 6.45) is 4.74. The Morgan fingerprint density at radius 2 is 2.37 bits per heavy atom. The normalized spacial score (nSPS) is 20.5. The fraction of sp³-hybridized carbons (Fsp3) is 0.600. The van der Waals surface area contributed by atoms with Gasteiger partial charge in [0.15, 0.2) is 0 Å². The zero-order valence-electron chi connectivity index (χ0n) is 11.8. The molecule has 1 aliphatic rings. The largest absolute Gasteiger partial charge is 0.496 e. The van der Waals surface area contributed by atoms with Crippen LogP contribution in [0.4, 0.5) is 0 Å². The van der Waals surface area contributed by atoms with Crippen molar-refractivity contribution in [2.75, 3.05) is 13.7 Å². The van der Waals surface area contributed by atoms with E-state index in [0.717, 1.165) is 30.8 Å². The zero-order valence-corrected chi connectivity index (χ0v) is 11.8. The highest BCUT2D eigenvalue weighted by molar-refractivity contribution is 5.39. The smallest absolute Gasteiger partial charge is 0.123 e. The van der Waals surface area contributed by atoms with Gasteiger partial charge in [0.2, 0.25) is 0 Å². The van der Waals surface area contributed by atoms with Crippen LogP contribution in [0.1, 0.15) is 42.9 Å². The molecule has 1 fully saturated rings. The Labute approximate surface area is 115 Å². The van der Waals surface area contributed by atoms with Crippen LogP contribution in [0.25, 0.3) is 0 Å². The number of nitrogens with one attached hydrogen (secondary N) is 1. The van der Waals surface area contributed by atoms with E-state index in [1.54, 1.807) is 7.11 Å². The molecule has 19 heavy (non-hydrogen) atoms. The molecule has 0 aliphatic carbocycles. The summed E-state index contributed by atoms with van der Waals surface area (Å²) >= 11 is 0. The average Bonchev–Trinajstić information content (AvgIpc) is 2.93. The maximum Gasteiger partial charge on any atom is 0.123 e. The standard InChI is InChI=1S/C15H24N2O2/c1-11-5-7-13(15(10-11)18-2)14(17-16)8-6-12-4-3-9-19-12/h5,7,10,12,14,17H,3-4,6,8-9,16H2,1-2H3. The van der Waals surface area contributed by atoms with Gasteiger partial charge in [-0.15, -0.1) is 0 Å². The van der Waals surface area contributed by atoms with Gasteiger partial charge in [-0.2, -0.15) is 0 Å². The van der Waals surface area contributed by atoms with Crippen LogP contribution in [-0.4, -0.2) is 19.8 Å². The number of nitrogens with two attached hydrogens (primary N) is 1. The molecule has 0 saturated carbocycles. The van der Waals surface area contributed by atoms with E-state index >= 15 is 0 Å². The highest BCUT2D eigenvalue weighted by Crippen LogP contribution is 2.30. The van der Waals surface area contributed by atoms with Crippen molar-refractivity contribution in [2.45, 2.75) is 44.8 Å². The van der Waals surface area contributed by atoms with Crippen LogP contribution in [0.15, 0.2) is 18.2 Å². The molecule has 0 amide bonds. The zero-order chi connectivity index (χ0) is 13.7. The molecule has 0 radical (unpaired) electrons. The summed E-state index contributed by atoms with van der Waals surface area (Å²) < 4.78 is 11.1. The summed E-state index contributed by atoms with van der Waals surface area (Å²) in [6.45, 7) is 2.96. The molecule has 0 spiro atoms. The number of hydrazine groups is 1. The molecule has 4 heteroatoms. The molecule has 1 aliphatic heterocycles. The predicted octanol–water partition coefficient (Wildman–Crippen LogP) is 2.47. The van der Waals surface area contributed by atoms with E-state index in [0.29, 0.717) is 6.10 Å². The van der Waals surface area contributed by atoms with Gasteiger partial charge in [0.1, 0.15) is 5.75 Å². The van der Waals surface area contributed by atoms with Crippen molar-refractivity contribution < 1.29 is 9.47 Å². The van der Waals surface area contributed by atoms with Crippen molar-refractivity contribution in [3.63, 3.8) is 0 Å². The molecule has 3 N–H and O–H groups in total. The van der Waals surface area contributed by atoms with E-state index in [2.05, 4.69) is 24.5 Å². The third-order valence-corrected chi connectivity index (χ3v) is 3.77. The first-order valence-electron chi connectivity index (χ1n) is 6.97. The second-order valence-electron chi connectivity index (χ2n) is 5.18. The van der Waals surface area contributed by atoms with Crippen molar-refractivity contribution in [3.8, 4) is 5.75 Å². The van der Waals surface area contributed by atoms with Gasteiger partial charge in [0.05, 0.1) is 13.2 Å². The number of methoxy groups -OCH3 is 1. The second-order valence-corrected chi connectivity index (χ2v) is 5.18. The second kappa shape index (κ2) is 6.89. The molecule has 0 bridgehead atoms. The van der Waals surface area contributed by atoms with Crippen LogP contribution in [0.2, 0.25) is 0 Å². The highest BCUT2D eigenvalue weighted by atomic mass is 16.5. The number of hydrogen-bond acceptors (Lipinski definition) is 4. The molecule has 0 aromatic heterocycles. The summed E-state index contributed by atoms with van der Waals surface area (Å²) in [4.78, 5) is 0. The van der Waals surface area contributed by atoms with E-state index < -0.39 is 0 Å². The lowest BCUT2D eigenvalue weighted by molar-refractivity contribution is 0.0995. The van der Waals surface area contributed by atoms with E-state index in [4.69, 9.17) is 15.3 Å². The van der Waals surface area contributed by atoms with Crippen molar-refractivity contribution >= 4 is 0 Å². The minimum absolute atomic E-state index is 0.111. The highest BCUT2D eigenvalue weighted by Gasteiger charge is 2.20. The fourth-order valence-corrected chi connectivity index (χ4v) is 2.66. The van der Waals surface area contributed by atoms with Crippen LogP contribution in [0, 0.1) is 6.92 Å². The fourth-order valence-electron chi connectivity index (χ4n) is 2.66. The third kappa shape index (κ3) is 3.69. The van der Waals surface area contributed by atoms with Crippen molar-refractivity contribution in [1.29, 1.82) is 0 Å². The van der Waals surface area contributed by atoms with Gasteiger partial charge in [-0.3, -0.25) is 11.3 Å². The van der Waals surface area contributed by atoms with Crippen molar-refractivity contribution in [2.24, 2.45) is 5.84 Å². The van der Waals surface area contributed by atoms with Crippen LogP contribution in [0.3, 0.4) is 0 Å². The van der Waals surface area contributed by atoms with E-state index in [9.17, 15) is 0 Å². The predicted molar refractivity (Wildman–Crippen MR) is 76.0 cm³/mol. The molecule has 2 unspecified atom stereocenters. The van der Waals surface area contributed by atoms with Gasteiger partial charge in [-0.1, -0.05) is 12.1 Å². The Morgan fingerprint density at radius 3 is 3.00 bits per heavy atom. The molecule has 1 aromatic rings. The summed E-state index contributed by atoms with van der Waals surface area (Å²) in [7, 11) is 1.70. The Morgan fingerprint density at radius 1 is 1.53 bits per heavy atom. The first-order chi connectivity index (χ1) is 9.24. The molecule has 2 rings (SSSR count). The SMILES string of the molecule is COc1cc(C)ccc1C(CCC1CCCO1)NN. The lowest BCUT2D eigenvalue weighted by Gasteiger charge is -2.21. The first-order valence-corrected chi connectivity index (χ1v) is 6.97. The molecule has 2 atom stereocenters. The minimum atomic E-state index is 0.111. The molecular formula is C15H24N2O2. The topological polar surface area (TPSA) is 56.5 Å². The van der Waals surface area contributed by atoms with Gasteiger partial charge < -0.3 is 9.47 Å². The van der Waals surface area contributed by atoms with Crippen molar-refractivity contribution in [3.05, 3.63) is 29.3 Å². The number of aryl methyl sites for hydroxylation is 1. The lowest BCUT2D eigenvalue weighted by atomic mass is 9.98. The maximum absolute atomic E-state index is 5.70. The number of ether oxygens (including phenoxy) is 2. The Bertz CT molecular complexity index is 403. The molecule has 1 heterocycles. The van der Waals surface area contributed by atoms with Gasteiger partial charge in [-0.25, -0.2) is 0 Å². The lowest BCUT2D eigenvalue weighted by Crippen LogP contribution is -2.29. The Hall–Kier alpha value is -1.10. The van der Waals surface area contributed by atoms with Gasteiger partial charge >= 0.3 is 0 Å².